The van der Waals surface area contributed by atoms with Crippen LogP contribution in [0.3, 0.4) is 0 Å². The van der Waals surface area contributed by atoms with Crippen LogP contribution in [0.1, 0.15) is 63.4 Å². The fourth-order valence-electron chi connectivity index (χ4n) is 6.01. The number of benzene rings is 2. The summed E-state index contributed by atoms with van der Waals surface area (Å²) in [4.78, 5) is 0. The molecule has 1 aliphatic carbocycles. The summed E-state index contributed by atoms with van der Waals surface area (Å²) in [6.07, 6.45) is 9.60. The normalized spacial score (nSPS) is 28.2. The van der Waals surface area contributed by atoms with Gasteiger partial charge in [0.2, 0.25) is 0 Å². The Bertz CT molecular complexity index is 740. The van der Waals surface area contributed by atoms with E-state index in [-0.39, 0.29) is 14.6 Å². The van der Waals surface area contributed by atoms with E-state index in [1.807, 2.05) is 12.1 Å². The van der Waals surface area contributed by atoms with Gasteiger partial charge in [-0.05, 0) is 72.3 Å². The third kappa shape index (κ3) is 4.59. The molecule has 1 saturated carbocycles. The predicted octanol–water partition coefficient (Wildman–Crippen LogP) is 7.81. The molecule has 2 heteroatoms. The lowest BCUT2D eigenvalue weighted by Gasteiger charge is -2.38. The van der Waals surface area contributed by atoms with Gasteiger partial charge in [-0.15, -0.1) is 0 Å². The number of hydrogen-bond donors (Lipinski definition) is 0. The molecule has 0 N–H and O–H groups in total. The van der Waals surface area contributed by atoms with E-state index in [4.69, 9.17) is 0 Å². The largest absolute Gasteiger partial charge is 0.207 e. The molecule has 0 radical (unpaired) electrons. The maximum Gasteiger partial charge on any atom is 0.123 e. The zero-order valence-electron chi connectivity index (χ0n) is 17.4. The summed E-state index contributed by atoms with van der Waals surface area (Å²) in [5, 5.41) is 0. The standard InChI is InChI=1S/C26H35FSi/c1-2-16-28-17-14-21(15-18-28)20-8-10-23(11-9-20)26-19-24(27)12-13-25(26)22-6-4-3-5-7-22/h3-7,12-13,19-21,23,28H,2,8-11,14-18H2,1H3/t20-,21?,23-,28?. The Kier molecular flexibility index (Phi) is 6.67. The quantitative estimate of drug-likeness (QED) is 0.454. The van der Waals surface area contributed by atoms with Gasteiger partial charge in [-0.1, -0.05) is 80.7 Å². The van der Waals surface area contributed by atoms with E-state index in [2.05, 4.69) is 37.3 Å². The summed E-state index contributed by atoms with van der Waals surface area (Å²) in [6.45, 7) is 2.36. The molecular formula is C26H35FSi. The van der Waals surface area contributed by atoms with Crippen LogP contribution < -0.4 is 0 Å². The summed E-state index contributed by atoms with van der Waals surface area (Å²) in [7, 11) is -0.369. The lowest BCUT2D eigenvalue weighted by atomic mass is 9.71. The molecular weight excluding hydrogens is 359 g/mol. The summed E-state index contributed by atoms with van der Waals surface area (Å²) in [5.41, 5.74) is 3.69. The van der Waals surface area contributed by atoms with E-state index in [1.54, 1.807) is 24.2 Å². The molecule has 1 aliphatic heterocycles. The minimum absolute atomic E-state index is 0.0870. The first-order valence-electron chi connectivity index (χ1n) is 11.6. The van der Waals surface area contributed by atoms with Crippen molar-refractivity contribution in [2.24, 2.45) is 11.8 Å². The van der Waals surface area contributed by atoms with Crippen LogP contribution in [-0.2, 0) is 0 Å². The highest BCUT2D eigenvalue weighted by atomic mass is 28.3. The van der Waals surface area contributed by atoms with Crippen LogP contribution in [-0.4, -0.2) is 8.80 Å². The van der Waals surface area contributed by atoms with Gasteiger partial charge in [0.05, 0.1) is 0 Å². The number of rotatable bonds is 5. The topological polar surface area (TPSA) is 0 Å². The van der Waals surface area contributed by atoms with Gasteiger partial charge in [-0.3, -0.25) is 0 Å². The van der Waals surface area contributed by atoms with Crippen molar-refractivity contribution in [3.8, 4) is 11.1 Å². The minimum Gasteiger partial charge on any atom is -0.207 e. The molecule has 0 spiro atoms. The zero-order valence-corrected chi connectivity index (χ0v) is 18.5. The van der Waals surface area contributed by atoms with Gasteiger partial charge < -0.3 is 0 Å². The van der Waals surface area contributed by atoms with E-state index < -0.39 is 0 Å². The number of halogens is 1. The summed E-state index contributed by atoms with van der Waals surface area (Å²) < 4.78 is 14.1. The zero-order chi connectivity index (χ0) is 19.3. The fourth-order valence-corrected chi connectivity index (χ4v) is 9.49. The molecule has 0 atom stereocenters. The highest BCUT2D eigenvalue weighted by molar-refractivity contribution is 6.58. The van der Waals surface area contributed by atoms with Gasteiger partial charge in [-0.2, -0.15) is 0 Å². The molecule has 1 saturated heterocycles. The molecule has 0 unspecified atom stereocenters. The van der Waals surface area contributed by atoms with Gasteiger partial charge in [-0.25, -0.2) is 4.39 Å². The SMILES string of the molecule is CCC[SiH]1CCC([C@H]2CC[C@H](c3cc(F)ccc3-c3ccccc3)CC2)CC1. The Hall–Kier alpha value is -1.41. The average molecular weight is 395 g/mol. The highest BCUT2D eigenvalue weighted by Crippen LogP contribution is 2.45. The smallest absolute Gasteiger partial charge is 0.123 e. The van der Waals surface area contributed by atoms with E-state index >= 15 is 0 Å². The maximum absolute atomic E-state index is 14.1. The second-order valence-corrected chi connectivity index (χ2v) is 12.7. The molecule has 0 nitrogen and oxygen atoms in total. The average Bonchev–Trinajstić information content (AvgIpc) is 2.75. The van der Waals surface area contributed by atoms with Gasteiger partial charge in [0, 0.05) is 8.80 Å². The molecule has 28 heavy (non-hydrogen) atoms. The Morgan fingerprint density at radius 1 is 0.857 bits per heavy atom. The molecule has 2 aromatic carbocycles. The molecule has 0 bridgehead atoms. The second kappa shape index (κ2) is 9.39. The van der Waals surface area contributed by atoms with Crippen LogP contribution in [0.15, 0.2) is 48.5 Å². The van der Waals surface area contributed by atoms with Crippen molar-refractivity contribution in [3.63, 3.8) is 0 Å². The Morgan fingerprint density at radius 3 is 2.21 bits per heavy atom. The van der Waals surface area contributed by atoms with E-state index in [0.29, 0.717) is 5.92 Å². The van der Waals surface area contributed by atoms with Crippen LogP contribution in [0.5, 0.6) is 0 Å². The van der Waals surface area contributed by atoms with Crippen LogP contribution in [0.2, 0.25) is 18.1 Å². The molecule has 1 heterocycles. The number of hydrogen-bond acceptors (Lipinski definition) is 0. The molecule has 0 aromatic heterocycles. The molecule has 150 valence electrons. The van der Waals surface area contributed by atoms with Gasteiger partial charge in [0.25, 0.3) is 0 Å². The van der Waals surface area contributed by atoms with Crippen molar-refractivity contribution in [2.75, 3.05) is 0 Å². The first-order valence-corrected chi connectivity index (χ1v) is 14.0. The Balaban J connectivity index is 1.41. The van der Waals surface area contributed by atoms with Crippen molar-refractivity contribution in [3.05, 3.63) is 59.9 Å². The molecule has 4 rings (SSSR count). The highest BCUT2D eigenvalue weighted by Gasteiger charge is 2.32. The maximum atomic E-state index is 14.1. The summed E-state index contributed by atoms with van der Waals surface area (Å²) in [5.74, 6) is 2.35. The van der Waals surface area contributed by atoms with Crippen LogP contribution in [0.25, 0.3) is 11.1 Å². The van der Waals surface area contributed by atoms with Crippen molar-refractivity contribution >= 4 is 8.80 Å². The second-order valence-electron chi connectivity index (χ2n) is 9.28. The Labute approximate surface area is 172 Å². The van der Waals surface area contributed by atoms with Gasteiger partial charge in [0.15, 0.2) is 0 Å². The van der Waals surface area contributed by atoms with E-state index in [1.165, 1.54) is 61.6 Å². The molecule has 2 fully saturated rings. The lowest BCUT2D eigenvalue weighted by Crippen LogP contribution is -2.28. The Morgan fingerprint density at radius 2 is 1.54 bits per heavy atom. The predicted molar refractivity (Wildman–Crippen MR) is 121 cm³/mol. The van der Waals surface area contributed by atoms with Gasteiger partial charge >= 0.3 is 0 Å². The third-order valence-electron chi connectivity index (χ3n) is 7.57. The fraction of sp³-hybridized carbons (Fsp3) is 0.538. The van der Waals surface area contributed by atoms with Crippen molar-refractivity contribution in [1.29, 1.82) is 0 Å². The minimum atomic E-state index is -0.369. The molecule has 2 aromatic rings. The summed E-state index contributed by atoms with van der Waals surface area (Å²) in [6, 6.07) is 20.7. The van der Waals surface area contributed by atoms with Crippen molar-refractivity contribution in [2.45, 2.75) is 75.9 Å². The van der Waals surface area contributed by atoms with E-state index in [0.717, 1.165) is 11.8 Å². The lowest BCUT2D eigenvalue weighted by molar-refractivity contribution is 0.216. The van der Waals surface area contributed by atoms with Crippen molar-refractivity contribution < 1.29 is 4.39 Å². The monoisotopic (exact) mass is 394 g/mol. The first kappa shape index (κ1) is 19.9. The van der Waals surface area contributed by atoms with Crippen molar-refractivity contribution in [1.82, 2.24) is 0 Å². The molecule has 0 amide bonds. The van der Waals surface area contributed by atoms with Crippen LogP contribution in [0.4, 0.5) is 4.39 Å². The summed E-state index contributed by atoms with van der Waals surface area (Å²) >= 11 is 0. The van der Waals surface area contributed by atoms with E-state index in [9.17, 15) is 4.39 Å². The van der Waals surface area contributed by atoms with Gasteiger partial charge in [0.1, 0.15) is 5.82 Å². The van der Waals surface area contributed by atoms with Crippen LogP contribution >= 0.6 is 0 Å². The third-order valence-corrected chi connectivity index (χ3v) is 11.3. The first-order chi connectivity index (χ1) is 13.7. The molecule has 2 aliphatic rings. The van der Waals surface area contributed by atoms with Crippen LogP contribution in [0, 0.1) is 17.7 Å².